The van der Waals surface area contributed by atoms with Crippen LogP contribution in [0.2, 0.25) is 5.02 Å². The van der Waals surface area contributed by atoms with Crippen molar-refractivity contribution in [3.8, 4) is 5.75 Å². The zero-order valence-electron chi connectivity index (χ0n) is 6.69. The van der Waals surface area contributed by atoms with E-state index in [2.05, 4.69) is 15.9 Å². The van der Waals surface area contributed by atoms with Gasteiger partial charge in [0.25, 0.3) is 0 Å². The van der Waals surface area contributed by atoms with E-state index < -0.39 is 5.82 Å². The van der Waals surface area contributed by atoms with Gasteiger partial charge in [0, 0.05) is 11.6 Å². The average Bonchev–Trinajstić information content (AvgIpc) is 2.02. The topological polar surface area (TPSA) is 35.2 Å². The molecule has 0 aliphatic heterocycles. The van der Waals surface area contributed by atoms with Crippen LogP contribution in [-0.4, -0.2) is 13.2 Å². The number of halogens is 3. The van der Waals surface area contributed by atoms with Crippen molar-refractivity contribution in [3.63, 3.8) is 0 Å². The summed E-state index contributed by atoms with van der Waals surface area (Å²) in [5, 5.41) is 0.324. The van der Waals surface area contributed by atoms with Crippen molar-refractivity contribution in [1.29, 1.82) is 0 Å². The first-order valence-corrected chi connectivity index (χ1v) is 4.79. The van der Waals surface area contributed by atoms with Gasteiger partial charge in [0.05, 0.1) is 4.47 Å². The lowest BCUT2D eigenvalue weighted by Gasteiger charge is -2.07. The molecular formula is C8H8BrClFNO. The molecule has 0 atom stereocenters. The molecule has 2 nitrogen and oxygen atoms in total. The predicted octanol–water partition coefficient (Wildman–Crippen LogP) is 2.58. The van der Waals surface area contributed by atoms with Crippen LogP contribution in [0, 0.1) is 5.82 Å². The second-order valence-electron chi connectivity index (χ2n) is 2.34. The molecule has 0 aliphatic carbocycles. The van der Waals surface area contributed by atoms with Crippen LogP contribution in [0.3, 0.4) is 0 Å². The molecule has 1 aromatic carbocycles. The number of rotatable bonds is 3. The second kappa shape index (κ2) is 4.79. The summed E-state index contributed by atoms with van der Waals surface area (Å²) in [5.74, 6) is -0.345. The Morgan fingerprint density at radius 1 is 1.54 bits per heavy atom. The highest BCUT2D eigenvalue weighted by atomic mass is 79.9. The fourth-order valence-corrected chi connectivity index (χ4v) is 1.72. The van der Waals surface area contributed by atoms with Crippen LogP contribution in [0.15, 0.2) is 16.6 Å². The molecule has 0 aliphatic rings. The summed E-state index contributed by atoms with van der Waals surface area (Å²) in [7, 11) is 0. The number of benzene rings is 1. The van der Waals surface area contributed by atoms with Gasteiger partial charge in [0.1, 0.15) is 6.61 Å². The molecule has 0 saturated carbocycles. The molecule has 5 heteroatoms. The molecule has 0 saturated heterocycles. The Morgan fingerprint density at radius 2 is 2.23 bits per heavy atom. The molecule has 13 heavy (non-hydrogen) atoms. The van der Waals surface area contributed by atoms with Crippen LogP contribution in [0.25, 0.3) is 0 Å². The lowest BCUT2D eigenvalue weighted by Crippen LogP contribution is -2.11. The maximum atomic E-state index is 13.2. The lowest BCUT2D eigenvalue weighted by molar-refractivity contribution is 0.309. The zero-order valence-corrected chi connectivity index (χ0v) is 9.03. The van der Waals surface area contributed by atoms with Gasteiger partial charge in [0.15, 0.2) is 11.6 Å². The van der Waals surface area contributed by atoms with E-state index in [4.69, 9.17) is 22.1 Å². The summed E-state index contributed by atoms with van der Waals surface area (Å²) in [5.41, 5.74) is 5.22. The number of nitrogens with two attached hydrogens (primary N) is 1. The largest absolute Gasteiger partial charge is 0.488 e. The van der Waals surface area contributed by atoms with E-state index in [0.29, 0.717) is 16.0 Å². The number of ether oxygens (including phenoxy) is 1. The Hall–Kier alpha value is -0.320. The summed E-state index contributed by atoms with van der Waals surface area (Å²) in [6, 6.07) is 2.76. The first kappa shape index (κ1) is 10.8. The number of hydrogen-bond donors (Lipinski definition) is 1. The molecule has 0 spiro atoms. The van der Waals surface area contributed by atoms with Crippen LogP contribution in [0.5, 0.6) is 5.75 Å². The Kier molecular flexibility index (Phi) is 3.96. The highest BCUT2D eigenvalue weighted by molar-refractivity contribution is 9.10. The van der Waals surface area contributed by atoms with E-state index in [9.17, 15) is 4.39 Å². The predicted molar refractivity (Wildman–Crippen MR) is 53.7 cm³/mol. The normalized spacial score (nSPS) is 10.2. The number of hydrogen-bond acceptors (Lipinski definition) is 2. The Balaban J connectivity index is 2.92. The van der Waals surface area contributed by atoms with Gasteiger partial charge in [-0.15, -0.1) is 0 Å². The van der Waals surface area contributed by atoms with Crippen LogP contribution < -0.4 is 10.5 Å². The van der Waals surface area contributed by atoms with E-state index in [1.54, 1.807) is 6.07 Å². The van der Waals surface area contributed by atoms with Crippen molar-refractivity contribution >= 4 is 27.5 Å². The lowest BCUT2D eigenvalue weighted by atomic mass is 10.3. The van der Waals surface area contributed by atoms with E-state index in [1.807, 2.05) is 0 Å². The van der Waals surface area contributed by atoms with Gasteiger partial charge in [0.2, 0.25) is 0 Å². The van der Waals surface area contributed by atoms with Crippen LogP contribution in [-0.2, 0) is 0 Å². The minimum absolute atomic E-state index is 0.148. The maximum absolute atomic E-state index is 13.2. The van der Waals surface area contributed by atoms with E-state index in [0.717, 1.165) is 0 Å². The third-order valence-corrected chi connectivity index (χ3v) is 2.13. The average molecular weight is 269 g/mol. The molecule has 0 unspecified atom stereocenters. The van der Waals surface area contributed by atoms with Gasteiger partial charge < -0.3 is 10.5 Å². The molecule has 0 bridgehead atoms. The fraction of sp³-hybridized carbons (Fsp3) is 0.250. The van der Waals surface area contributed by atoms with Crippen molar-refractivity contribution in [2.24, 2.45) is 5.73 Å². The van der Waals surface area contributed by atoms with Crippen LogP contribution in [0.4, 0.5) is 4.39 Å². The Bertz CT molecular complexity index is 285. The standard InChI is InChI=1S/C8H8BrClFNO/c9-6-3-5(10)4-7(11)8(6)13-2-1-12/h3-4H,1-2,12H2. The van der Waals surface area contributed by atoms with Gasteiger partial charge in [-0.3, -0.25) is 0 Å². The molecule has 72 valence electrons. The molecule has 1 aromatic rings. The summed E-state index contributed by atoms with van der Waals surface area (Å²) in [4.78, 5) is 0. The van der Waals surface area contributed by atoms with E-state index in [1.165, 1.54) is 6.07 Å². The molecular weight excluding hydrogens is 260 g/mol. The summed E-state index contributed by atoms with van der Waals surface area (Å²) in [6.07, 6.45) is 0. The molecule has 1 rings (SSSR count). The minimum Gasteiger partial charge on any atom is -0.488 e. The molecule has 0 fully saturated rings. The molecule has 0 radical (unpaired) electrons. The third kappa shape index (κ3) is 2.83. The van der Waals surface area contributed by atoms with E-state index in [-0.39, 0.29) is 12.4 Å². The Labute approximate surface area is 89.0 Å². The van der Waals surface area contributed by atoms with Crippen molar-refractivity contribution in [1.82, 2.24) is 0 Å². The summed E-state index contributed by atoms with van der Waals surface area (Å²) >= 11 is 8.74. The highest BCUT2D eigenvalue weighted by Gasteiger charge is 2.09. The van der Waals surface area contributed by atoms with Crippen LogP contribution >= 0.6 is 27.5 Å². The van der Waals surface area contributed by atoms with E-state index >= 15 is 0 Å². The van der Waals surface area contributed by atoms with Gasteiger partial charge in [-0.1, -0.05) is 11.6 Å². The Morgan fingerprint density at radius 3 is 2.77 bits per heavy atom. The third-order valence-electron chi connectivity index (χ3n) is 1.33. The van der Waals surface area contributed by atoms with Gasteiger partial charge in [-0.05, 0) is 28.1 Å². The zero-order chi connectivity index (χ0) is 9.84. The monoisotopic (exact) mass is 267 g/mol. The highest BCUT2D eigenvalue weighted by Crippen LogP contribution is 2.31. The van der Waals surface area contributed by atoms with Crippen molar-refractivity contribution in [2.45, 2.75) is 0 Å². The van der Waals surface area contributed by atoms with Crippen molar-refractivity contribution < 1.29 is 9.13 Å². The first-order valence-electron chi connectivity index (χ1n) is 3.62. The first-order chi connectivity index (χ1) is 6.15. The summed E-state index contributed by atoms with van der Waals surface area (Å²) in [6.45, 7) is 0.617. The maximum Gasteiger partial charge on any atom is 0.169 e. The fourth-order valence-electron chi connectivity index (χ4n) is 0.828. The molecule has 2 N–H and O–H groups in total. The minimum atomic E-state index is -0.493. The van der Waals surface area contributed by atoms with Crippen molar-refractivity contribution in [2.75, 3.05) is 13.2 Å². The van der Waals surface area contributed by atoms with Crippen molar-refractivity contribution in [3.05, 3.63) is 27.4 Å². The second-order valence-corrected chi connectivity index (χ2v) is 3.63. The summed E-state index contributed by atoms with van der Waals surface area (Å²) < 4.78 is 18.7. The van der Waals surface area contributed by atoms with Gasteiger partial charge >= 0.3 is 0 Å². The van der Waals surface area contributed by atoms with Crippen LogP contribution in [0.1, 0.15) is 0 Å². The molecule has 0 aromatic heterocycles. The van der Waals surface area contributed by atoms with Gasteiger partial charge in [-0.25, -0.2) is 4.39 Å². The quantitative estimate of drug-likeness (QED) is 0.914. The molecule has 0 amide bonds. The smallest absolute Gasteiger partial charge is 0.169 e. The SMILES string of the molecule is NCCOc1c(F)cc(Cl)cc1Br. The van der Waals surface area contributed by atoms with Gasteiger partial charge in [-0.2, -0.15) is 0 Å². The molecule has 0 heterocycles.